The lowest BCUT2D eigenvalue weighted by Gasteiger charge is -2.26. The Balaban J connectivity index is 1.01. The fourth-order valence-electron chi connectivity index (χ4n) is 8.27. The number of hydrogen-bond donors (Lipinski definition) is 0. The number of thiophene rings is 1. The van der Waals surface area contributed by atoms with E-state index < -0.39 is 0 Å². The largest absolute Gasteiger partial charge is 0.310 e. The molecule has 10 aromatic carbocycles. The van der Waals surface area contributed by atoms with Crippen LogP contribution in [0.2, 0.25) is 0 Å². The Morgan fingerprint density at radius 2 is 0.667 bits per heavy atom. The van der Waals surface area contributed by atoms with E-state index in [4.69, 9.17) is 0 Å². The molecule has 0 aliphatic rings. The lowest BCUT2D eigenvalue weighted by Crippen LogP contribution is -2.09. The number of hydrogen-bond acceptors (Lipinski definition) is 2. The lowest BCUT2D eigenvalue weighted by atomic mass is 9.96. The third kappa shape index (κ3) is 5.15. The van der Waals surface area contributed by atoms with Crippen molar-refractivity contribution in [1.82, 2.24) is 0 Å². The molecule has 1 nitrogen and oxygen atoms in total. The fraction of sp³-hybridized carbons (Fsp3) is 0. The summed E-state index contributed by atoms with van der Waals surface area (Å²) >= 11 is 1.86. The van der Waals surface area contributed by atoms with Crippen molar-refractivity contribution < 1.29 is 0 Å². The van der Waals surface area contributed by atoms with Crippen molar-refractivity contribution >= 4 is 91.7 Å². The Morgan fingerprint density at radius 3 is 1.22 bits per heavy atom. The molecule has 0 atom stereocenters. The van der Waals surface area contributed by atoms with Crippen LogP contribution in [0.5, 0.6) is 0 Å². The first-order valence-electron chi connectivity index (χ1n) is 18.5. The maximum absolute atomic E-state index is 2.39. The van der Waals surface area contributed by atoms with Gasteiger partial charge in [-0.15, -0.1) is 11.3 Å². The van der Waals surface area contributed by atoms with Crippen molar-refractivity contribution in [3.05, 3.63) is 200 Å². The van der Waals surface area contributed by atoms with Gasteiger partial charge in [-0.3, -0.25) is 0 Å². The average Bonchev–Trinajstić information content (AvgIpc) is 3.62. The van der Waals surface area contributed by atoms with Gasteiger partial charge in [-0.25, -0.2) is 0 Å². The third-order valence-electron chi connectivity index (χ3n) is 11.0. The summed E-state index contributed by atoms with van der Waals surface area (Å²) in [6, 6.07) is 73.6. The summed E-state index contributed by atoms with van der Waals surface area (Å²) in [4.78, 5) is 2.39. The first-order valence-corrected chi connectivity index (χ1v) is 19.3. The van der Waals surface area contributed by atoms with E-state index >= 15 is 0 Å². The molecule has 0 saturated heterocycles. The molecule has 0 bridgehead atoms. The van der Waals surface area contributed by atoms with Gasteiger partial charge in [0.05, 0.1) is 0 Å². The molecule has 0 N–H and O–H groups in total. The second-order valence-corrected chi connectivity index (χ2v) is 15.2. The summed E-state index contributed by atoms with van der Waals surface area (Å²) in [5.74, 6) is 0. The van der Waals surface area contributed by atoms with E-state index in [1.807, 2.05) is 11.3 Å². The maximum Gasteiger partial charge on any atom is 0.0476 e. The van der Waals surface area contributed by atoms with Gasteiger partial charge in [-0.1, -0.05) is 146 Å². The molecule has 0 fully saturated rings. The van der Waals surface area contributed by atoms with Gasteiger partial charge in [0.25, 0.3) is 0 Å². The van der Waals surface area contributed by atoms with Crippen molar-refractivity contribution in [2.24, 2.45) is 0 Å². The normalized spacial score (nSPS) is 11.7. The standard InChI is InChI=1S/C52H33NS/c1-3-9-45-36(7-1)13-15-38-17-19-40(31-49(38)45)34-21-25-42(26-22-34)53(44-29-30-48-47-11-5-6-12-51(47)54-52(48)33-44)43-27-23-35(24-28-43)41-20-18-39-16-14-37-8-2-4-10-46(37)50(39)32-41/h1-33H. The molecule has 11 aromatic rings. The Bertz CT molecular complexity index is 3050. The summed E-state index contributed by atoms with van der Waals surface area (Å²) in [6.07, 6.45) is 0. The van der Waals surface area contributed by atoms with E-state index in [0.717, 1.165) is 17.1 Å². The zero-order valence-corrected chi connectivity index (χ0v) is 30.2. The number of nitrogens with zero attached hydrogens (tertiary/aromatic N) is 1. The average molecular weight is 704 g/mol. The van der Waals surface area contributed by atoms with Gasteiger partial charge < -0.3 is 4.90 Å². The fourth-order valence-corrected chi connectivity index (χ4v) is 9.41. The van der Waals surface area contributed by atoms with Crippen LogP contribution < -0.4 is 4.90 Å². The smallest absolute Gasteiger partial charge is 0.0476 e. The van der Waals surface area contributed by atoms with Crippen molar-refractivity contribution in [3.63, 3.8) is 0 Å². The molecule has 0 spiro atoms. The van der Waals surface area contributed by atoms with Crippen LogP contribution in [-0.4, -0.2) is 0 Å². The minimum absolute atomic E-state index is 1.12. The molecule has 252 valence electrons. The highest BCUT2D eigenvalue weighted by Crippen LogP contribution is 2.42. The highest BCUT2D eigenvalue weighted by molar-refractivity contribution is 7.25. The van der Waals surface area contributed by atoms with E-state index in [0.29, 0.717) is 0 Å². The van der Waals surface area contributed by atoms with Gasteiger partial charge in [0, 0.05) is 37.2 Å². The first-order chi connectivity index (χ1) is 26.7. The molecule has 0 saturated carbocycles. The van der Waals surface area contributed by atoms with Gasteiger partial charge in [0.15, 0.2) is 0 Å². The highest BCUT2D eigenvalue weighted by Gasteiger charge is 2.16. The molecule has 11 rings (SSSR count). The second-order valence-electron chi connectivity index (χ2n) is 14.2. The van der Waals surface area contributed by atoms with Crippen LogP contribution in [0.3, 0.4) is 0 Å². The molecule has 1 heterocycles. The predicted octanol–water partition coefficient (Wildman–Crippen LogP) is 15.5. The second kappa shape index (κ2) is 12.4. The van der Waals surface area contributed by atoms with Crippen molar-refractivity contribution in [2.45, 2.75) is 0 Å². The molecule has 0 aliphatic heterocycles. The van der Waals surface area contributed by atoms with Crippen LogP contribution in [0.15, 0.2) is 200 Å². The van der Waals surface area contributed by atoms with E-state index in [1.54, 1.807) is 0 Å². The van der Waals surface area contributed by atoms with Crippen LogP contribution >= 0.6 is 11.3 Å². The summed E-state index contributed by atoms with van der Waals surface area (Å²) in [6.45, 7) is 0. The predicted molar refractivity (Wildman–Crippen MR) is 235 cm³/mol. The maximum atomic E-state index is 2.39. The Hall–Kier alpha value is -6.74. The number of benzene rings is 10. The SMILES string of the molecule is c1ccc2c(c1)ccc1ccc(-c3ccc(N(c4ccc(-c5ccc6ccc7ccccc7c6c5)cc4)c4ccc5c(c4)sc4ccccc45)cc3)cc12. The summed E-state index contributed by atoms with van der Waals surface area (Å²) in [5.41, 5.74) is 8.22. The van der Waals surface area contributed by atoms with Gasteiger partial charge in [0.1, 0.15) is 0 Å². The Labute approximate surface area is 317 Å². The van der Waals surface area contributed by atoms with E-state index in [2.05, 4.69) is 205 Å². The van der Waals surface area contributed by atoms with Crippen molar-refractivity contribution in [2.75, 3.05) is 4.90 Å². The Morgan fingerprint density at radius 1 is 0.259 bits per heavy atom. The zero-order valence-electron chi connectivity index (χ0n) is 29.4. The molecule has 0 amide bonds. The minimum atomic E-state index is 1.12. The molecule has 0 unspecified atom stereocenters. The number of fused-ring (bicyclic) bond motifs is 9. The highest BCUT2D eigenvalue weighted by atomic mass is 32.1. The molecule has 1 aromatic heterocycles. The molecule has 2 heteroatoms. The summed E-state index contributed by atoms with van der Waals surface area (Å²) in [5, 5.41) is 12.8. The lowest BCUT2D eigenvalue weighted by molar-refractivity contribution is 1.29. The van der Waals surface area contributed by atoms with Crippen LogP contribution in [0, 0.1) is 0 Å². The van der Waals surface area contributed by atoms with Gasteiger partial charge in [-0.05, 0) is 120 Å². The van der Waals surface area contributed by atoms with E-state index in [1.165, 1.54) is 85.5 Å². The number of anilines is 3. The van der Waals surface area contributed by atoms with E-state index in [-0.39, 0.29) is 0 Å². The van der Waals surface area contributed by atoms with Crippen LogP contribution in [0.4, 0.5) is 17.1 Å². The molecular weight excluding hydrogens is 671 g/mol. The van der Waals surface area contributed by atoms with Gasteiger partial charge in [0.2, 0.25) is 0 Å². The van der Waals surface area contributed by atoms with Gasteiger partial charge >= 0.3 is 0 Å². The summed E-state index contributed by atoms with van der Waals surface area (Å²) < 4.78 is 2.61. The van der Waals surface area contributed by atoms with Crippen molar-refractivity contribution in [1.29, 1.82) is 0 Å². The topological polar surface area (TPSA) is 3.24 Å². The first kappa shape index (κ1) is 30.8. The van der Waals surface area contributed by atoms with E-state index in [9.17, 15) is 0 Å². The van der Waals surface area contributed by atoms with Crippen molar-refractivity contribution in [3.8, 4) is 22.3 Å². The minimum Gasteiger partial charge on any atom is -0.310 e. The third-order valence-corrected chi connectivity index (χ3v) is 12.2. The monoisotopic (exact) mass is 703 g/mol. The quantitative estimate of drug-likeness (QED) is 0.161. The molecular formula is C52H33NS. The zero-order chi connectivity index (χ0) is 35.6. The number of rotatable bonds is 5. The Kier molecular flexibility index (Phi) is 7.11. The molecule has 0 aliphatic carbocycles. The van der Waals surface area contributed by atoms with Crippen LogP contribution in [0.1, 0.15) is 0 Å². The summed E-state index contributed by atoms with van der Waals surface area (Å²) in [7, 11) is 0. The van der Waals surface area contributed by atoms with Crippen LogP contribution in [0.25, 0.3) is 85.5 Å². The molecule has 54 heavy (non-hydrogen) atoms. The van der Waals surface area contributed by atoms with Gasteiger partial charge in [-0.2, -0.15) is 0 Å². The van der Waals surface area contributed by atoms with Crippen LogP contribution in [-0.2, 0) is 0 Å². The molecule has 0 radical (unpaired) electrons.